The summed E-state index contributed by atoms with van der Waals surface area (Å²) in [6.45, 7) is 9.07. The summed E-state index contributed by atoms with van der Waals surface area (Å²) in [6.07, 6.45) is 4.60. The van der Waals surface area contributed by atoms with Crippen molar-refractivity contribution in [3.63, 3.8) is 0 Å². The van der Waals surface area contributed by atoms with Gasteiger partial charge in [0.25, 0.3) is 5.56 Å². The molecule has 258 valence electrons. The first-order valence-corrected chi connectivity index (χ1v) is 16.7. The van der Waals surface area contributed by atoms with Crippen LogP contribution in [0, 0.1) is 0 Å². The minimum absolute atomic E-state index is 0.244. The molecule has 2 aromatic carbocycles. The number of anilines is 2. The van der Waals surface area contributed by atoms with Crippen molar-refractivity contribution in [3.8, 4) is 0 Å². The molecule has 0 saturated carbocycles. The number of H-pyrrole nitrogens is 1. The number of amides is 2. The van der Waals surface area contributed by atoms with Crippen molar-refractivity contribution in [2.24, 2.45) is 0 Å². The molecule has 1 fully saturated rings. The van der Waals surface area contributed by atoms with E-state index in [1.54, 1.807) is 17.3 Å². The van der Waals surface area contributed by atoms with E-state index in [0.717, 1.165) is 44.1 Å². The van der Waals surface area contributed by atoms with Crippen LogP contribution in [0.2, 0.25) is 0 Å². The molecule has 7 rings (SSSR count). The third-order valence-corrected chi connectivity index (χ3v) is 8.77. The van der Waals surface area contributed by atoms with E-state index in [0.29, 0.717) is 32.1 Å². The van der Waals surface area contributed by atoms with Gasteiger partial charge in [-0.1, -0.05) is 24.3 Å². The number of carbonyl (C=O) groups is 2. The molecule has 1 atom stereocenters. The number of hydrogen-bond acceptors (Lipinski definition) is 9. The SMILES string of the molecule is C[C@@H](Nc1cnc(N2CCN(C(=O)OC(C)(C)C)CC2)n(CC(=O)NCc2cc3cnccc3[nH]2)c1=O)c1ccc2oc3ccccc3c2c1. The number of nitrogens with zero attached hydrogens (tertiary/aromatic N) is 5. The average Bonchev–Trinajstić information content (AvgIpc) is 3.69. The number of ether oxygens (including phenoxy) is 1. The van der Waals surface area contributed by atoms with E-state index in [1.807, 2.05) is 81.1 Å². The largest absolute Gasteiger partial charge is 0.456 e. The maximum atomic E-state index is 14.1. The highest BCUT2D eigenvalue weighted by Crippen LogP contribution is 2.31. The topological polar surface area (TPSA) is 151 Å². The zero-order valence-corrected chi connectivity index (χ0v) is 28.5. The van der Waals surface area contributed by atoms with Gasteiger partial charge < -0.3 is 34.6 Å². The fourth-order valence-corrected chi connectivity index (χ4v) is 6.24. The number of para-hydroxylation sites is 1. The number of hydrogen-bond donors (Lipinski definition) is 3. The van der Waals surface area contributed by atoms with Crippen molar-refractivity contribution in [2.45, 2.75) is 52.4 Å². The molecule has 1 saturated heterocycles. The highest BCUT2D eigenvalue weighted by molar-refractivity contribution is 6.05. The minimum atomic E-state index is -0.606. The molecule has 0 radical (unpaired) electrons. The number of fused-ring (bicyclic) bond motifs is 4. The van der Waals surface area contributed by atoms with E-state index in [1.165, 1.54) is 10.8 Å². The lowest BCUT2D eigenvalue weighted by Gasteiger charge is -2.36. The van der Waals surface area contributed by atoms with Gasteiger partial charge in [0, 0.05) is 72.0 Å². The van der Waals surface area contributed by atoms with E-state index in [4.69, 9.17) is 14.1 Å². The maximum absolute atomic E-state index is 14.1. The third-order valence-electron chi connectivity index (χ3n) is 8.77. The smallest absolute Gasteiger partial charge is 0.410 e. The molecule has 0 unspecified atom stereocenters. The van der Waals surface area contributed by atoms with Crippen LogP contribution in [0.1, 0.15) is 45.0 Å². The first-order valence-electron chi connectivity index (χ1n) is 16.7. The fourth-order valence-electron chi connectivity index (χ4n) is 6.24. The number of nitrogens with one attached hydrogen (secondary N) is 3. The number of pyridine rings is 1. The molecule has 50 heavy (non-hydrogen) atoms. The van der Waals surface area contributed by atoms with Crippen molar-refractivity contribution < 1.29 is 18.7 Å². The van der Waals surface area contributed by atoms with E-state index < -0.39 is 5.60 Å². The standard InChI is InChI=1S/C37H40N8O5/c1-23(24-9-10-32-28(18-24)27-7-5-6-8-31(27)49-32)41-30-21-40-35(43-13-15-44(16-14-43)36(48)50-37(2,3)4)45(34(30)47)22-33(46)39-20-26-17-25-19-38-12-11-29(25)42-26/h5-12,17-19,21,23,41-42H,13-16,20,22H2,1-4H3,(H,39,46)/t23-/m1/s1. The van der Waals surface area contributed by atoms with Gasteiger partial charge in [-0.15, -0.1) is 0 Å². The second-order valence-corrected chi connectivity index (χ2v) is 13.6. The Hall–Kier alpha value is -5.85. The zero-order valence-electron chi connectivity index (χ0n) is 28.5. The molecule has 0 spiro atoms. The highest BCUT2D eigenvalue weighted by atomic mass is 16.6. The Morgan fingerprint density at radius 1 is 1.00 bits per heavy atom. The first-order chi connectivity index (χ1) is 24.0. The van der Waals surface area contributed by atoms with Gasteiger partial charge in [0.1, 0.15) is 29.0 Å². The molecule has 5 heterocycles. The third kappa shape index (κ3) is 6.84. The van der Waals surface area contributed by atoms with E-state index in [2.05, 4.69) is 26.7 Å². The van der Waals surface area contributed by atoms with Gasteiger partial charge in [0.05, 0.1) is 12.7 Å². The molecule has 0 bridgehead atoms. The van der Waals surface area contributed by atoms with E-state index in [-0.39, 0.29) is 42.4 Å². The van der Waals surface area contributed by atoms with Crippen LogP contribution in [-0.4, -0.2) is 68.2 Å². The fraction of sp³-hybridized carbons (Fsp3) is 0.324. The Balaban J connectivity index is 1.13. The number of aromatic amines is 1. The lowest BCUT2D eigenvalue weighted by molar-refractivity contribution is -0.121. The predicted octanol–water partition coefficient (Wildman–Crippen LogP) is 5.57. The number of benzene rings is 2. The summed E-state index contributed by atoms with van der Waals surface area (Å²) >= 11 is 0. The van der Waals surface area contributed by atoms with Gasteiger partial charge in [-0.05, 0) is 63.6 Å². The second-order valence-electron chi connectivity index (χ2n) is 13.6. The molecule has 6 aromatic rings. The number of piperazine rings is 1. The Kier molecular flexibility index (Phi) is 8.64. The lowest BCUT2D eigenvalue weighted by Crippen LogP contribution is -2.51. The second kappa shape index (κ2) is 13.2. The summed E-state index contributed by atoms with van der Waals surface area (Å²) in [5, 5.41) is 9.22. The highest BCUT2D eigenvalue weighted by Gasteiger charge is 2.28. The van der Waals surface area contributed by atoms with Crippen LogP contribution in [0.25, 0.3) is 32.8 Å². The number of rotatable bonds is 8. The molecule has 1 aliphatic heterocycles. The van der Waals surface area contributed by atoms with Gasteiger partial charge in [-0.2, -0.15) is 0 Å². The summed E-state index contributed by atoms with van der Waals surface area (Å²) in [7, 11) is 0. The van der Waals surface area contributed by atoms with Gasteiger partial charge in [-0.3, -0.25) is 19.1 Å². The maximum Gasteiger partial charge on any atom is 0.410 e. The quantitative estimate of drug-likeness (QED) is 0.188. The summed E-state index contributed by atoms with van der Waals surface area (Å²) in [5.74, 6) is 0.0111. The van der Waals surface area contributed by atoms with Gasteiger partial charge in [-0.25, -0.2) is 9.78 Å². The number of aromatic nitrogens is 4. The molecule has 13 nitrogen and oxygen atoms in total. The summed E-state index contributed by atoms with van der Waals surface area (Å²) in [5.41, 5.74) is 3.59. The van der Waals surface area contributed by atoms with Gasteiger partial charge >= 0.3 is 6.09 Å². The molecular weight excluding hydrogens is 636 g/mol. The van der Waals surface area contributed by atoms with Crippen LogP contribution < -0.4 is 21.1 Å². The predicted molar refractivity (Wildman–Crippen MR) is 192 cm³/mol. The van der Waals surface area contributed by atoms with Crippen molar-refractivity contribution in [2.75, 3.05) is 36.4 Å². The van der Waals surface area contributed by atoms with Crippen LogP contribution in [0.4, 0.5) is 16.4 Å². The molecule has 13 heteroatoms. The van der Waals surface area contributed by atoms with E-state index in [9.17, 15) is 14.4 Å². The molecule has 2 amide bonds. The monoisotopic (exact) mass is 676 g/mol. The molecular formula is C37H40N8O5. The first kappa shape index (κ1) is 32.7. The van der Waals surface area contributed by atoms with Crippen molar-refractivity contribution in [1.29, 1.82) is 0 Å². The van der Waals surface area contributed by atoms with Crippen molar-refractivity contribution >= 4 is 56.5 Å². The zero-order chi connectivity index (χ0) is 35.0. The van der Waals surface area contributed by atoms with E-state index >= 15 is 0 Å². The number of carbonyl (C=O) groups excluding carboxylic acids is 2. The lowest BCUT2D eigenvalue weighted by atomic mass is 10.0. The van der Waals surface area contributed by atoms with Crippen molar-refractivity contribution in [1.82, 2.24) is 29.7 Å². The summed E-state index contributed by atoms with van der Waals surface area (Å²) < 4.78 is 12.9. The van der Waals surface area contributed by atoms with Crippen LogP contribution in [0.15, 0.2) is 82.4 Å². The van der Waals surface area contributed by atoms with Crippen LogP contribution >= 0.6 is 0 Å². The Labute approximate surface area is 288 Å². The molecule has 0 aliphatic carbocycles. The molecule has 1 aliphatic rings. The molecule has 3 N–H and O–H groups in total. The molecule has 4 aromatic heterocycles. The Morgan fingerprint density at radius 3 is 2.56 bits per heavy atom. The van der Waals surface area contributed by atoms with Crippen LogP contribution in [0.3, 0.4) is 0 Å². The number of furan rings is 1. The Bertz CT molecular complexity index is 2220. The van der Waals surface area contributed by atoms with Crippen molar-refractivity contribution in [3.05, 3.63) is 94.8 Å². The van der Waals surface area contributed by atoms with Gasteiger partial charge in [0.15, 0.2) is 0 Å². The van der Waals surface area contributed by atoms with Crippen LogP contribution in [-0.2, 0) is 22.6 Å². The average molecular weight is 677 g/mol. The summed E-state index contributed by atoms with van der Waals surface area (Å²) in [6, 6.07) is 17.4. The normalized spacial score (nSPS) is 14.3. The van der Waals surface area contributed by atoms with Crippen LogP contribution in [0.5, 0.6) is 0 Å². The van der Waals surface area contributed by atoms with Gasteiger partial charge in [0.2, 0.25) is 11.9 Å². The minimum Gasteiger partial charge on any atom is -0.456 e. The summed E-state index contributed by atoms with van der Waals surface area (Å²) in [4.78, 5) is 55.9. The Morgan fingerprint density at radius 2 is 1.78 bits per heavy atom.